The van der Waals surface area contributed by atoms with E-state index in [0.717, 1.165) is 28.3 Å². The van der Waals surface area contributed by atoms with Gasteiger partial charge in [-0.1, -0.05) is 41.4 Å². The normalized spacial score (nSPS) is 12.1. The summed E-state index contributed by atoms with van der Waals surface area (Å²) in [5.74, 6) is -0.849. The van der Waals surface area contributed by atoms with Crippen LogP contribution in [0.5, 0.6) is 0 Å². The van der Waals surface area contributed by atoms with Crippen molar-refractivity contribution in [3.05, 3.63) is 64.7 Å². The number of carboxylic acid groups (broad SMARTS) is 1. The molecule has 2 aromatic carbocycles. The minimum atomic E-state index is -0.849. The number of aliphatic carboxylic acids is 1. The number of ether oxygens (including phenoxy) is 1. The maximum Gasteiger partial charge on any atom is 0.319 e. The average Bonchev–Trinajstić information content (AvgIpc) is 2.57. The maximum absolute atomic E-state index is 11.4. The summed E-state index contributed by atoms with van der Waals surface area (Å²) >= 11 is 7.17. The predicted molar refractivity (Wildman–Crippen MR) is 99.1 cm³/mol. The van der Waals surface area contributed by atoms with Crippen molar-refractivity contribution in [1.29, 1.82) is 0 Å². The van der Waals surface area contributed by atoms with Gasteiger partial charge >= 0.3 is 5.97 Å². The first-order chi connectivity index (χ1) is 11.5. The summed E-state index contributed by atoms with van der Waals surface area (Å²) in [6.45, 7) is 2.75. The smallest absolute Gasteiger partial charge is 0.319 e. The van der Waals surface area contributed by atoms with Crippen LogP contribution in [0.25, 0.3) is 0 Å². The minimum Gasteiger partial charge on any atom is -0.480 e. The van der Waals surface area contributed by atoms with Crippen molar-refractivity contribution in [3.8, 4) is 0 Å². The number of rotatable bonds is 9. The number of carbonyl (C=O) groups is 1. The molecular formula is C19H21ClO3S. The van der Waals surface area contributed by atoms with Crippen molar-refractivity contribution in [2.75, 3.05) is 13.2 Å². The van der Waals surface area contributed by atoms with Gasteiger partial charge < -0.3 is 9.84 Å². The van der Waals surface area contributed by atoms with E-state index in [9.17, 15) is 9.90 Å². The van der Waals surface area contributed by atoms with Crippen molar-refractivity contribution in [2.24, 2.45) is 0 Å². The molecule has 1 unspecified atom stereocenters. The maximum atomic E-state index is 11.4. The van der Waals surface area contributed by atoms with E-state index < -0.39 is 11.2 Å². The Morgan fingerprint density at radius 3 is 2.46 bits per heavy atom. The van der Waals surface area contributed by atoms with Gasteiger partial charge in [-0.25, -0.2) is 0 Å². The Morgan fingerprint density at radius 2 is 1.83 bits per heavy atom. The van der Waals surface area contributed by atoms with Crippen molar-refractivity contribution in [1.82, 2.24) is 0 Å². The molecule has 128 valence electrons. The van der Waals surface area contributed by atoms with Gasteiger partial charge in [-0.15, -0.1) is 11.8 Å². The third-order valence-corrected chi connectivity index (χ3v) is 4.93. The Kier molecular flexibility index (Phi) is 7.63. The third-order valence-electron chi connectivity index (χ3n) is 3.51. The lowest BCUT2D eigenvalue weighted by Crippen LogP contribution is -2.22. The predicted octanol–water partition coefficient (Wildman–Crippen LogP) is 4.84. The zero-order valence-corrected chi connectivity index (χ0v) is 15.1. The van der Waals surface area contributed by atoms with Crippen LogP contribution in [0.4, 0.5) is 0 Å². The summed E-state index contributed by atoms with van der Waals surface area (Å²) in [7, 11) is 0. The Balaban J connectivity index is 1.72. The van der Waals surface area contributed by atoms with Gasteiger partial charge in [-0.2, -0.15) is 0 Å². The van der Waals surface area contributed by atoms with Crippen LogP contribution in [0, 0.1) is 6.92 Å². The molecule has 2 rings (SSSR count). The standard InChI is InChI=1S/C19H21ClO3S/c1-14-4-10-17(11-5-14)24-18(19(21)22)13-23-12-2-3-15-6-8-16(20)9-7-15/h4-11,18H,2-3,12-13H2,1H3,(H,21,22). The molecule has 0 radical (unpaired) electrons. The average molecular weight is 365 g/mol. The highest BCUT2D eigenvalue weighted by atomic mass is 35.5. The molecule has 3 nitrogen and oxygen atoms in total. The molecule has 1 atom stereocenters. The summed E-state index contributed by atoms with van der Waals surface area (Å²) in [6, 6.07) is 15.6. The lowest BCUT2D eigenvalue weighted by molar-refractivity contribution is -0.137. The molecular weight excluding hydrogens is 344 g/mol. The van der Waals surface area contributed by atoms with Crippen molar-refractivity contribution in [3.63, 3.8) is 0 Å². The fourth-order valence-corrected chi connectivity index (χ4v) is 3.17. The summed E-state index contributed by atoms with van der Waals surface area (Å²) in [5, 5.41) is 9.47. The molecule has 0 fully saturated rings. The van der Waals surface area contributed by atoms with Gasteiger partial charge in [0.15, 0.2) is 0 Å². The van der Waals surface area contributed by atoms with E-state index in [1.54, 1.807) is 0 Å². The highest BCUT2D eigenvalue weighted by molar-refractivity contribution is 8.00. The summed E-state index contributed by atoms with van der Waals surface area (Å²) in [5.41, 5.74) is 2.36. The topological polar surface area (TPSA) is 46.5 Å². The molecule has 0 aliphatic carbocycles. The number of hydrogen-bond donors (Lipinski definition) is 1. The van der Waals surface area contributed by atoms with Crippen LogP contribution in [0.15, 0.2) is 53.4 Å². The number of aryl methyl sites for hydroxylation is 2. The first-order valence-electron chi connectivity index (χ1n) is 7.83. The molecule has 2 aromatic rings. The minimum absolute atomic E-state index is 0.203. The molecule has 0 aliphatic rings. The highest BCUT2D eigenvalue weighted by Crippen LogP contribution is 2.24. The molecule has 0 aliphatic heterocycles. The summed E-state index contributed by atoms with van der Waals surface area (Å²) in [4.78, 5) is 12.3. The van der Waals surface area contributed by atoms with E-state index >= 15 is 0 Å². The van der Waals surface area contributed by atoms with Gasteiger partial charge in [-0.05, 0) is 49.6 Å². The Hall–Kier alpha value is -1.49. The number of carboxylic acids is 1. The zero-order valence-electron chi connectivity index (χ0n) is 13.6. The summed E-state index contributed by atoms with van der Waals surface area (Å²) < 4.78 is 5.57. The van der Waals surface area contributed by atoms with E-state index in [1.807, 2.05) is 55.5 Å². The van der Waals surface area contributed by atoms with Crippen molar-refractivity contribution >= 4 is 29.3 Å². The number of halogens is 1. The van der Waals surface area contributed by atoms with E-state index in [1.165, 1.54) is 17.3 Å². The lowest BCUT2D eigenvalue weighted by atomic mass is 10.1. The van der Waals surface area contributed by atoms with E-state index in [4.69, 9.17) is 16.3 Å². The van der Waals surface area contributed by atoms with E-state index in [2.05, 4.69) is 0 Å². The van der Waals surface area contributed by atoms with Crippen LogP contribution in [0.1, 0.15) is 17.5 Å². The summed E-state index contributed by atoms with van der Waals surface area (Å²) in [6.07, 6.45) is 1.74. The van der Waals surface area contributed by atoms with Crippen LogP contribution >= 0.6 is 23.4 Å². The second kappa shape index (κ2) is 9.72. The van der Waals surface area contributed by atoms with E-state index in [0.29, 0.717) is 6.61 Å². The van der Waals surface area contributed by atoms with Gasteiger partial charge in [0.05, 0.1) is 6.61 Å². The van der Waals surface area contributed by atoms with Gasteiger partial charge in [0.2, 0.25) is 0 Å². The van der Waals surface area contributed by atoms with Crippen molar-refractivity contribution in [2.45, 2.75) is 29.9 Å². The van der Waals surface area contributed by atoms with Crippen LogP contribution in [-0.2, 0) is 16.0 Å². The fraction of sp³-hybridized carbons (Fsp3) is 0.316. The van der Waals surface area contributed by atoms with Crippen LogP contribution in [0.2, 0.25) is 5.02 Å². The molecule has 0 spiro atoms. The lowest BCUT2D eigenvalue weighted by Gasteiger charge is -2.13. The molecule has 0 bridgehead atoms. The highest BCUT2D eigenvalue weighted by Gasteiger charge is 2.19. The number of hydrogen-bond acceptors (Lipinski definition) is 3. The monoisotopic (exact) mass is 364 g/mol. The second-order valence-electron chi connectivity index (χ2n) is 5.56. The van der Waals surface area contributed by atoms with Gasteiger partial charge in [-0.3, -0.25) is 4.79 Å². The largest absolute Gasteiger partial charge is 0.480 e. The van der Waals surface area contributed by atoms with Gasteiger partial charge in [0, 0.05) is 16.5 Å². The Bertz CT molecular complexity index is 641. The number of benzene rings is 2. The molecule has 0 saturated heterocycles. The molecule has 0 amide bonds. The molecule has 24 heavy (non-hydrogen) atoms. The molecule has 1 N–H and O–H groups in total. The molecule has 0 aromatic heterocycles. The molecule has 5 heteroatoms. The quantitative estimate of drug-likeness (QED) is 0.510. The van der Waals surface area contributed by atoms with Gasteiger partial charge in [0.25, 0.3) is 0 Å². The zero-order chi connectivity index (χ0) is 17.4. The first kappa shape index (κ1) is 18.8. The Morgan fingerprint density at radius 1 is 1.17 bits per heavy atom. The number of thioether (sulfide) groups is 1. The van der Waals surface area contributed by atoms with Crippen LogP contribution in [-0.4, -0.2) is 29.5 Å². The fourth-order valence-electron chi connectivity index (χ4n) is 2.16. The Labute approximate surface area is 152 Å². The van der Waals surface area contributed by atoms with Crippen LogP contribution < -0.4 is 0 Å². The van der Waals surface area contributed by atoms with Crippen molar-refractivity contribution < 1.29 is 14.6 Å². The van der Waals surface area contributed by atoms with Crippen LogP contribution in [0.3, 0.4) is 0 Å². The molecule has 0 saturated carbocycles. The SMILES string of the molecule is Cc1ccc(SC(COCCCc2ccc(Cl)cc2)C(=O)O)cc1. The molecule has 0 heterocycles. The third kappa shape index (κ3) is 6.56. The second-order valence-corrected chi connectivity index (χ2v) is 7.28. The first-order valence-corrected chi connectivity index (χ1v) is 9.08. The van der Waals surface area contributed by atoms with E-state index in [-0.39, 0.29) is 6.61 Å². The van der Waals surface area contributed by atoms with Gasteiger partial charge in [0.1, 0.15) is 5.25 Å².